The molecule has 0 heterocycles. The summed E-state index contributed by atoms with van der Waals surface area (Å²) in [6.07, 6.45) is 3.91. The number of rotatable bonds is 6. The van der Waals surface area contributed by atoms with E-state index in [-0.39, 0.29) is 11.8 Å². The number of halogens is 2. The van der Waals surface area contributed by atoms with Crippen LogP contribution in [0.4, 0.5) is 5.69 Å². The Hall–Kier alpha value is -0.730. The monoisotopic (exact) mass is 287 g/mol. The molecule has 1 aromatic rings. The highest BCUT2D eigenvalue weighted by Crippen LogP contribution is 2.30. The second-order valence-electron chi connectivity index (χ2n) is 4.34. The fraction of sp³-hybridized carbons (Fsp3) is 0.500. The first-order chi connectivity index (χ1) is 8.60. The van der Waals surface area contributed by atoms with Crippen molar-refractivity contribution in [1.29, 1.82) is 0 Å². The first-order valence-electron chi connectivity index (χ1n) is 6.35. The highest BCUT2D eigenvalue weighted by Gasteiger charge is 2.17. The topological polar surface area (TPSA) is 29.1 Å². The zero-order chi connectivity index (χ0) is 13.5. The number of hydrogen-bond acceptors (Lipinski definition) is 1. The molecule has 0 saturated heterocycles. The molecule has 0 aliphatic rings. The minimum absolute atomic E-state index is 0.0233. The van der Waals surface area contributed by atoms with Crippen molar-refractivity contribution in [2.24, 2.45) is 5.92 Å². The third-order valence-corrected chi connectivity index (χ3v) is 3.80. The molecule has 0 aromatic heterocycles. The Morgan fingerprint density at radius 1 is 1.33 bits per heavy atom. The van der Waals surface area contributed by atoms with Crippen LogP contribution in [-0.2, 0) is 4.79 Å². The molecule has 1 aromatic carbocycles. The van der Waals surface area contributed by atoms with Gasteiger partial charge in [0.2, 0.25) is 5.91 Å². The Balaban J connectivity index is 2.70. The summed E-state index contributed by atoms with van der Waals surface area (Å²) in [7, 11) is 0. The summed E-state index contributed by atoms with van der Waals surface area (Å²) in [6.45, 7) is 4.15. The van der Waals surface area contributed by atoms with Crippen LogP contribution in [0.1, 0.15) is 39.5 Å². The molecule has 0 fully saturated rings. The van der Waals surface area contributed by atoms with Crippen LogP contribution in [0.15, 0.2) is 18.2 Å². The van der Waals surface area contributed by atoms with Gasteiger partial charge in [0.25, 0.3) is 0 Å². The number of nitrogens with one attached hydrogen (secondary N) is 1. The van der Waals surface area contributed by atoms with Gasteiger partial charge in [-0.15, -0.1) is 0 Å². The fourth-order valence-corrected chi connectivity index (χ4v) is 2.15. The summed E-state index contributed by atoms with van der Waals surface area (Å²) in [5.41, 5.74) is 0.587. The quantitative estimate of drug-likeness (QED) is 0.770. The van der Waals surface area contributed by atoms with E-state index in [1.165, 1.54) is 0 Å². The van der Waals surface area contributed by atoms with Gasteiger partial charge in [-0.05, 0) is 25.0 Å². The van der Waals surface area contributed by atoms with Crippen molar-refractivity contribution in [3.8, 4) is 0 Å². The zero-order valence-corrected chi connectivity index (χ0v) is 12.3. The van der Waals surface area contributed by atoms with Gasteiger partial charge < -0.3 is 5.32 Å². The first-order valence-corrected chi connectivity index (χ1v) is 7.10. The van der Waals surface area contributed by atoms with E-state index in [9.17, 15) is 4.79 Å². The van der Waals surface area contributed by atoms with Crippen LogP contribution in [0.5, 0.6) is 0 Å². The van der Waals surface area contributed by atoms with Gasteiger partial charge in [0.15, 0.2) is 0 Å². The van der Waals surface area contributed by atoms with Gasteiger partial charge >= 0.3 is 0 Å². The molecular weight excluding hydrogens is 269 g/mol. The lowest BCUT2D eigenvalue weighted by Gasteiger charge is -2.15. The lowest BCUT2D eigenvalue weighted by Crippen LogP contribution is -2.22. The predicted octanol–water partition coefficient (Wildman–Crippen LogP) is 5.15. The van der Waals surface area contributed by atoms with Crippen molar-refractivity contribution in [3.05, 3.63) is 28.2 Å². The maximum atomic E-state index is 12.1. The molecule has 1 atom stereocenters. The summed E-state index contributed by atoms with van der Waals surface area (Å²) in [5.74, 6) is 0.0649. The van der Waals surface area contributed by atoms with Crippen molar-refractivity contribution < 1.29 is 4.79 Å². The van der Waals surface area contributed by atoms with Crippen LogP contribution in [0.3, 0.4) is 0 Å². The van der Waals surface area contributed by atoms with Crippen LogP contribution in [0.2, 0.25) is 10.0 Å². The number of unbranched alkanes of at least 4 members (excludes halogenated alkanes) is 1. The minimum Gasteiger partial charge on any atom is -0.324 e. The molecule has 1 rings (SSSR count). The molecule has 0 unspecified atom stereocenters. The first kappa shape index (κ1) is 15.3. The summed E-state index contributed by atoms with van der Waals surface area (Å²) in [6, 6.07) is 5.24. The SMILES string of the molecule is CCCC[C@H](CC)C(=O)Nc1cccc(Cl)c1Cl. The van der Waals surface area contributed by atoms with Crippen LogP contribution >= 0.6 is 23.2 Å². The minimum atomic E-state index is 0.0233. The molecule has 1 N–H and O–H groups in total. The summed E-state index contributed by atoms with van der Waals surface area (Å²) in [4.78, 5) is 12.1. The maximum absolute atomic E-state index is 12.1. The number of carbonyl (C=O) groups is 1. The molecule has 0 saturated carbocycles. The second kappa shape index (κ2) is 7.65. The van der Waals surface area contributed by atoms with Gasteiger partial charge in [-0.2, -0.15) is 0 Å². The summed E-state index contributed by atoms with van der Waals surface area (Å²) >= 11 is 12.0. The normalized spacial score (nSPS) is 12.2. The molecule has 1 amide bonds. The van der Waals surface area contributed by atoms with E-state index in [4.69, 9.17) is 23.2 Å². The van der Waals surface area contributed by atoms with Crippen LogP contribution in [0.25, 0.3) is 0 Å². The molecule has 0 radical (unpaired) electrons. The number of benzene rings is 1. The Kier molecular flexibility index (Phi) is 6.51. The third kappa shape index (κ3) is 4.18. The van der Waals surface area contributed by atoms with E-state index in [2.05, 4.69) is 12.2 Å². The van der Waals surface area contributed by atoms with Crippen molar-refractivity contribution in [2.75, 3.05) is 5.32 Å². The largest absolute Gasteiger partial charge is 0.324 e. The van der Waals surface area contributed by atoms with Crippen LogP contribution in [-0.4, -0.2) is 5.91 Å². The Morgan fingerprint density at radius 3 is 2.67 bits per heavy atom. The molecular formula is C14H19Cl2NO. The zero-order valence-electron chi connectivity index (χ0n) is 10.8. The van der Waals surface area contributed by atoms with E-state index in [0.717, 1.165) is 25.7 Å². The van der Waals surface area contributed by atoms with Crippen molar-refractivity contribution in [3.63, 3.8) is 0 Å². The average molecular weight is 288 g/mol. The van der Waals surface area contributed by atoms with Gasteiger partial charge in [-0.1, -0.05) is 56.0 Å². The average Bonchev–Trinajstić information content (AvgIpc) is 2.36. The molecule has 4 heteroatoms. The van der Waals surface area contributed by atoms with Crippen molar-refractivity contribution in [2.45, 2.75) is 39.5 Å². The Morgan fingerprint density at radius 2 is 2.06 bits per heavy atom. The number of carbonyl (C=O) groups excluding carboxylic acids is 1. The second-order valence-corrected chi connectivity index (χ2v) is 5.12. The van der Waals surface area contributed by atoms with Crippen LogP contribution in [0, 0.1) is 5.92 Å². The van der Waals surface area contributed by atoms with Crippen molar-refractivity contribution in [1.82, 2.24) is 0 Å². The number of hydrogen-bond donors (Lipinski definition) is 1. The fourth-order valence-electron chi connectivity index (χ4n) is 1.81. The molecule has 100 valence electrons. The molecule has 0 spiro atoms. The van der Waals surface area contributed by atoms with E-state index < -0.39 is 0 Å². The molecule has 2 nitrogen and oxygen atoms in total. The molecule has 18 heavy (non-hydrogen) atoms. The standard InChI is InChI=1S/C14H19Cl2NO/c1-3-5-7-10(4-2)14(18)17-12-9-6-8-11(15)13(12)16/h6,8-10H,3-5,7H2,1-2H3,(H,17,18)/t10-/m0/s1. The highest BCUT2D eigenvalue weighted by atomic mass is 35.5. The lowest BCUT2D eigenvalue weighted by atomic mass is 9.98. The van der Waals surface area contributed by atoms with E-state index in [1.54, 1.807) is 18.2 Å². The summed E-state index contributed by atoms with van der Waals surface area (Å²) < 4.78 is 0. The smallest absolute Gasteiger partial charge is 0.227 e. The molecule has 0 aliphatic carbocycles. The van der Waals surface area contributed by atoms with E-state index in [0.29, 0.717) is 15.7 Å². The van der Waals surface area contributed by atoms with Gasteiger partial charge in [0, 0.05) is 5.92 Å². The number of anilines is 1. The van der Waals surface area contributed by atoms with Gasteiger partial charge in [0.1, 0.15) is 0 Å². The van der Waals surface area contributed by atoms with E-state index >= 15 is 0 Å². The molecule has 0 bridgehead atoms. The van der Waals surface area contributed by atoms with Gasteiger partial charge in [-0.3, -0.25) is 4.79 Å². The highest BCUT2D eigenvalue weighted by molar-refractivity contribution is 6.43. The molecule has 0 aliphatic heterocycles. The van der Waals surface area contributed by atoms with Crippen molar-refractivity contribution >= 4 is 34.8 Å². The Bertz CT molecular complexity index is 407. The summed E-state index contributed by atoms with van der Waals surface area (Å²) in [5, 5.41) is 3.71. The maximum Gasteiger partial charge on any atom is 0.227 e. The predicted molar refractivity (Wildman–Crippen MR) is 78.4 cm³/mol. The Labute approximate surface area is 119 Å². The van der Waals surface area contributed by atoms with E-state index in [1.807, 2.05) is 6.92 Å². The number of amides is 1. The third-order valence-electron chi connectivity index (χ3n) is 2.98. The lowest BCUT2D eigenvalue weighted by molar-refractivity contribution is -0.120. The van der Waals surface area contributed by atoms with Gasteiger partial charge in [-0.25, -0.2) is 0 Å². The van der Waals surface area contributed by atoms with Crippen LogP contribution < -0.4 is 5.32 Å². The van der Waals surface area contributed by atoms with Gasteiger partial charge in [0.05, 0.1) is 15.7 Å².